The Hall–Kier alpha value is -4.44. The first-order chi connectivity index (χ1) is 17.6. The lowest BCUT2D eigenvalue weighted by molar-refractivity contribution is -0.111. The van der Waals surface area contributed by atoms with Gasteiger partial charge in [-0.15, -0.1) is 0 Å². The summed E-state index contributed by atoms with van der Waals surface area (Å²) < 4.78 is 12.4. The van der Waals surface area contributed by atoms with Gasteiger partial charge in [0.15, 0.2) is 0 Å². The molecule has 1 amide bonds. The first-order valence-corrected chi connectivity index (χ1v) is 11.5. The van der Waals surface area contributed by atoms with E-state index < -0.39 is 0 Å². The molecule has 0 radical (unpaired) electrons. The summed E-state index contributed by atoms with van der Waals surface area (Å²) in [4.78, 5) is 31.8. The van der Waals surface area contributed by atoms with Crippen LogP contribution in [0.5, 0.6) is 0 Å². The number of anilines is 4. The number of nitrogens with zero attached hydrogens (tertiary/aromatic N) is 5. The molecule has 4 heterocycles. The van der Waals surface area contributed by atoms with E-state index in [4.69, 9.17) is 4.98 Å². The number of benzene rings is 1. The maximum atomic E-state index is 12.4. The molecule has 36 heavy (non-hydrogen) atoms. The summed E-state index contributed by atoms with van der Waals surface area (Å²) in [5.74, 6) is 0.899. The van der Waals surface area contributed by atoms with Gasteiger partial charge in [0.2, 0.25) is 11.9 Å². The van der Waals surface area contributed by atoms with Crippen LogP contribution in [0.4, 0.5) is 27.5 Å². The SMILES string of the molecule is C=CC(=O)Nc1ccnc(-c2cccc3cnc(Nc4ccc(NC5CN(CCF)C5)nc4)nc23)c1. The number of carbonyl (C=O) groups is 1. The number of para-hydroxylation sites is 1. The Morgan fingerprint density at radius 2 is 2.00 bits per heavy atom. The Morgan fingerprint density at radius 1 is 1.11 bits per heavy atom. The molecule has 0 bridgehead atoms. The number of rotatable bonds is 9. The summed E-state index contributed by atoms with van der Waals surface area (Å²) in [6.07, 6.45) is 6.32. The summed E-state index contributed by atoms with van der Waals surface area (Å²) in [7, 11) is 0. The van der Waals surface area contributed by atoms with E-state index >= 15 is 0 Å². The number of halogens is 1. The van der Waals surface area contributed by atoms with Crippen LogP contribution in [-0.2, 0) is 4.79 Å². The second-order valence-corrected chi connectivity index (χ2v) is 8.41. The van der Waals surface area contributed by atoms with Gasteiger partial charge in [-0.1, -0.05) is 24.8 Å². The molecule has 1 aromatic carbocycles. The first-order valence-electron chi connectivity index (χ1n) is 11.5. The van der Waals surface area contributed by atoms with Gasteiger partial charge in [-0.05, 0) is 30.3 Å². The van der Waals surface area contributed by atoms with Crippen LogP contribution < -0.4 is 16.0 Å². The molecule has 0 unspecified atom stereocenters. The Labute approximate surface area is 207 Å². The molecule has 9 nitrogen and oxygen atoms in total. The second-order valence-electron chi connectivity index (χ2n) is 8.41. The minimum atomic E-state index is -0.319. The zero-order valence-electron chi connectivity index (χ0n) is 19.5. The number of alkyl halides is 1. The fourth-order valence-corrected chi connectivity index (χ4v) is 4.03. The van der Waals surface area contributed by atoms with Crippen LogP contribution in [-0.4, -0.2) is 63.1 Å². The Morgan fingerprint density at radius 3 is 2.78 bits per heavy atom. The van der Waals surface area contributed by atoms with Gasteiger partial charge in [0.1, 0.15) is 12.5 Å². The van der Waals surface area contributed by atoms with Crippen LogP contribution in [0.15, 0.2) is 73.7 Å². The minimum Gasteiger partial charge on any atom is -0.365 e. The Balaban J connectivity index is 1.32. The van der Waals surface area contributed by atoms with Crippen molar-refractivity contribution in [3.05, 3.63) is 73.7 Å². The topological polar surface area (TPSA) is 108 Å². The number of hydrogen-bond donors (Lipinski definition) is 3. The molecule has 0 saturated carbocycles. The summed E-state index contributed by atoms with van der Waals surface area (Å²) in [6, 6.07) is 13.4. The van der Waals surface area contributed by atoms with Crippen molar-refractivity contribution in [1.82, 2.24) is 24.8 Å². The fourth-order valence-electron chi connectivity index (χ4n) is 4.03. The van der Waals surface area contributed by atoms with Crippen molar-refractivity contribution in [2.45, 2.75) is 6.04 Å². The molecule has 0 atom stereocenters. The smallest absolute Gasteiger partial charge is 0.247 e. The number of fused-ring (bicyclic) bond motifs is 1. The van der Waals surface area contributed by atoms with Crippen molar-refractivity contribution < 1.29 is 9.18 Å². The molecule has 3 aromatic heterocycles. The number of amides is 1. The third-order valence-corrected chi connectivity index (χ3v) is 5.83. The molecule has 0 spiro atoms. The molecule has 1 saturated heterocycles. The lowest BCUT2D eigenvalue weighted by atomic mass is 10.1. The molecular weight excluding hydrogens is 459 g/mol. The van der Waals surface area contributed by atoms with E-state index in [9.17, 15) is 9.18 Å². The van der Waals surface area contributed by atoms with Crippen LogP contribution in [0.3, 0.4) is 0 Å². The fraction of sp³-hybridized carbons (Fsp3) is 0.192. The van der Waals surface area contributed by atoms with Gasteiger partial charge >= 0.3 is 0 Å². The number of aromatic nitrogens is 4. The van der Waals surface area contributed by atoms with Gasteiger partial charge in [-0.25, -0.2) is 19.3 Å². The third kappa shape index (κ3) is 5.28. The van der Waals surface area contributed by atoms with E-state index in [1.54, 1.807) is 30.7 Å². The lowest BCUT2D eigenvalue weighted by Crippen LogP contribution is -2.55. The molecule has 182 valence electrons. The predicted molar refractivity (Wildman–Crippen MR) is 139 cm³/mol. The molecule has 1 aliphatic rings. The quantitative estimate of drug-likeness (QED) is 0.306. The van der Waals surface area contributed by atoms with Gasteiger partial charge in [-0.3, -0.25) is 14.7 Å². The zero-order valence-corrected chi connectivity index (χ0v) is 19.5. The molecule has 1 aliphatic heterocycles. The zero-order chi connectivity index (χ0) is 24.9. The molecule has 10 heteroatoms. The molecule has 4 aromatic rings. The highest BCUT2D eigenvalue weighted by Crippen LogP contribution is 2.28. The van der Waals surface area contributed by atoms with Crippen LogP contribution >= 0.6 is 0 Å². The normalized spacial score (nSPS) is 13.7. The van der Waals surface area contributed by atoms with Crippen molar-refractivity contribution in [2.24, 2.45) is 0 Å². The monoisotopic (exact) mass is 484 g/mol. The molecular formula is C26H25FN8O. The van der Waals surface area contributed by atoms with E-state index in [0.717, 1.165) is 41.1 Å². The largest absolute Gasteiger partial charge is 0.365 e. The van der Waals surface area contributed by atoms with Crippen molar-refractivity contribution in [2.75, 3.05) is 42.3 Å². The lowest BCUT2D eigenvalue weighted by Gasteiger charge is -2.39. The number of likely N-dealkylation sites (tertiary alicyclic amines) is 1. The highest BCUT2D eigenvalue weighted by atomic mass is 19.1. The number of carbonyl (C=O) groups excluding carboxylic acids is 1. The number of pyridine rings is 2. The van der Waals surface area contributed by atoms with E-state index in [0.29, 0.717) is 23.9 Å². The van der Waals surface area contributed by atoms with Gasteiger partial charge in [0.05, 0.1) is 29.1 Å². The highest BCUT2D eigenvalue weighted by molar-refractivity contribution is 5.99. The summed E-state index contributed by atoms with van der Waals surface area (Å²) in [6.45, 7) is 5.28. The van der Waals surface area contributed by atoms with Crippen LogP contribution in [0.1, 0.15) is 0 Å². The summed E-state index contributed by atoms with van der Waals surface area (Å²) >= 11 is 0. The molecule has 1 fully saturated rings. The van der Waals surface area contributed by atoms with Gasteiger partial charge < -0.3 is 16.0 Å². The minimum absolute atomic E-state index is 0.280. The van der Waals surface area contributed by atoms with Crippen LogP contribution in [0.2, 0.25) is 0 Å². The summed E-state index contributed by atoms with van der Waals surface area (Å²) in [5, 5.41) is 10.2. The average molecular weight is 485 g/mol. The van der Waals surface area contributed by atoms with E-state index in [2.05, 4.69) is 42.4 Å². The Bertz CT molecular complexity index is 1390. The van der Waals surface area contributed by atoms with Crippen LogP contribution in [0.25, 0.3) is 22.2 Å². The summed E-state index contributed by atoms with van der Waals surface area (Å²) in [5.41, 5.74) is 3.57. The van der Waals surface area contributed by atoms with Gasteiger partial charge in [-0.2, -0.15) is 0 Å². The highest BCUT2D eigenvalue weighted by Gasteiger charge is 2.26. The van der Waals surface area contributed by atoms with Gasteiger partial charge in [0, 0.05) is 48.7 Å². The maximum absolute atomic E-state index is 12.4. The van der Waals surface area contributed by atoms with Gasteiger partial charge in [0.25, 0.3) is 0 Å². The third-order valence-electron chi connectivity index (χ3n) is 5.83. The van der Waals surface area contributed by atoms with E-state index in [1.807, 2.05) is 30.3 Å². The number of hydrogen-bond acceptors (Lipinski definition) is 8. The van der Waals surface area contributed by atoms with Crippen LogP contribution in [0, 0.1) is 0 Å². The average Bonchev–Trinajstić information content (AvgIpc) is 2.88. The molecule has 5 rings (SSSR count). The van der Waals surface area contributed by atoms with E-state index in [-0.39, 0.29) is 18.6 Å². The molecule has 3 N–H and O–H groups in total. The van der Waals surface area contributed by atoms with Crippen molar-refractivity contribution in [1.29, 1.82) is 0 Å². The van der Waals surface area contributed by atoms with Crippen molar-refractivity contribution >= 4 is 40.0 Å². The maximum Gasteiger partial charge on any atom is 0.247 e. The van der Waals surface area contributed by atoms with E-state index in [1.165, 1.54) is 6.08 Å². The standard InChI is InChI=1S/C26H25FN8O/c1-2-24(36)32-18-8-10-28-22(12-18)21-5-3-4-17-13-30-26(34-25(17)21)33-19-6-7-23(29-14-19)31-20-15-35(16-20)11-9-27/h2-8,10,12-14,20H,1,9,11,15-16H2,(H,29,31)(H,28,32,36)(H,30,33,34). The second kappa shape index (κ2) is 10.4. The van der Waals surface area contributed by atoms with Crippen molar-refractivity contribution in [3.8, 4) is 11.3 Å². The predicted octanol–water partition coefficient (Wildman–Crippen LogP) is 4.02. The Kier molecular flexibility index (Phi) is 6.76. The molecule has 0 aliphatic carbocycles. The van der Waals surface area contributed by atoms with Crippen molar-refractivity contribution in [3.63, 3.8) is 0 Å². The number of nitrogens with one attached hydrogen (secondary N) is 3. The first kappa shape index (κ1) is 23.3.